The van der Waals surface area contributed by atoms with Crippen LogP contribution in [0, 0.1) is 11.3 Å². The molecule has 0 aromatic heterocycles. The Balaban J connectivity index is 2.01. The van der Waals surface area contributed by atoms with E-state index in [1.165, 1.54) is 31.3 Å². The number of carbonyl (C=O) groups is 2. The molecule has 0 unspecified atom stereocenters. The Morgan fingerprint density at radius 1 is 1.07 bits per heavy atom. The molecule has 7 heteroatoms. The highest BCUT2D eigenvalue weighted by Crippen LogP contribution is 2.31. The van der Waals surface area contributed by atoms with Crippen molar-refractivity contribution in [3.63, 3.8) is 0 Å². The van der Waals surface area contributed by atoms with Gasteiger partial charge in [0.25, 0.3) is 5.91 Å². The van der Waals surface area contributed by atoms with Gasteiger partial charge < -0.3 is 19.1 Å². The number of methoxy groups -OCH3 is 2. The van der Waals surface area contributed by atoms with Crippen LogP contribution in [0.15, 0.2) is 54.6 Å². The minimum Gasteiger partial charge on any atom is -0.493 e. The Bertz CT molecular complexity index is 903. The maximum Gasteiger partial charge on any atom is 0.331 e. The first kappa shape index (κ1) is 21.5. The summed E-state index contributed by atoms with van der Waals surface area (Å²) in [5.74, 6) is -0.0558. The van der Waals surface area contributed by atoms with Gasteiger partial charge in [0.2, 0.25) is 0 Å². The maximum atomic E-state index is 12.5. The van der Waals surface area contributed by atoms with Crippen molar-refractivity contribution in [1.29, 1.82) is 5.26 Å². The van der Waals surface area contributed by atoms with Crippen molar-refractivity contribution in [3.05, 3.63) is 60.2 Å². The van der Waals surface area contributed by atoms with Gasteiger partial charge in [0.15, 0.2) is 18.1 Å². The Morgan fingerprint density at radius 2 is 1.83 bits per heavy atom. The molecule has 7 nitrogen and oxygen atoms in total. The number of esters is 1. The fraction of sp³-hybridized carbons (Fsp3) is 0.227. The van der Waals surface area contributed by atoms with Gasteiger partial charge in [-0.25, -0.2) is 4.79 Å². The number of nitriles is 1. The number of para-hydroxylation sites is 2. The minimum absolute atomic E-state index is 0.171. The Kier molecular flexibility index (Phi) is 8.27. The highest BCUT2D eigenvalue weighted by Gasteiger charge is 2.17. The van der Waals surface area contributed by atoms with E-state index in [-0.39, 0.29) is 13.0 Å². The first-order valence-corrected chi connectivity index (χ1v) is 8.89. The van der Waals surface area contributed by atoms with E-state index in [1.54, 1.807) is 42.5 Å². The van der Waals surface area contributed by atoms with Gasteiger partial charge in [0.05, 0.1) is 26.7 Å². The van der Waals surface area contributed by atoms with Crippen LogP contribution in [-0.4, -0.2) is 39.2 Å². The molecule has 0 N–H and O–H groups in total. The summed E-state index contributed by atoms with van der Waals surface area (Å²) in [6, 6.07) is 16.2. The highest BCUT2D eigenvalue weighted by molar-refractivity contribution is 5.96. The molecule has 2 aromatic carbocycles. The summed E-state index contributed by atoms with van der Waals surface area (Å²) >= 11 is 0. The van der Waals surface area contributed by atoms with Crippen LogP contribution in [0.5, 0.6) is 11.5 Å². The van der Waals surface area contributed by atoms with E-state index in [4.69, 9.17) is 19.5 Å². The van der Waals surface area contributed by atoms with Gasteiger partial charge in [0.1, 0.15) is 0 Å². The Morgan fingerprint density at radius 3 is 2.48 bits per heavy atom. The van der Waals surface area contributed by atoms with Gasteiger partial charge in [-0.1, -0.05) is 30.3 Å². The second-order valence-corrected chi connectivity index (χ2v) is 5.81. The largest absolute Gasteiger partial charge is 0.493 e. The van der Waals surface area contributed by atoms with Gasteiger partial charge in [-0.3, -0.25) is 4.79 Å². The van der Waals surface area contributed by atoms with Crippen molar-refractivity contribution in [2.24, 2.45) is 0 Å². The fourth-order valence-corrected chi connectivity index (χ4v) is 2.63. The van der Waals surface area contributed by atoms with Crippen LogP contribution < -0.4 is 14.4 Å². The van der Waals surface area contributed by atoms with Crippen molar-refractivity contribution in [1.82, 2.24) is 0 Å². The number of carbonyl (C=O) groups excluding carboxylic acids is 2. The summed E-state index contributed by atoms with van der Waals surface area (Å²) in [5, 5.41) is 8.82. The molecule has 0 radical (unpaired) electrons. The first-order chi connectivity index (χ1) is 14.1. The molecule has 150 valence electrons. The van der Waals surface area contributed by atoms with Crippen LogP contribution in [-0.2, 0) is 14.3 Å². The number of nitrogens with zero attached hydrogens (tertiary/aromatic N) is 2. The first-order valence-electron chi connectivity index (χ1n) is 8.89. The van der Waals surface area contributed by atoms with E-state index in [2.05, 4.69) is 0 Å². The zero-order valence-electron chi connectivity index (χ0n) is 16.3. The topological polar surface area (TPSA) is 88.9 Å². The average molecular weight is 394 g/mol. The van der Waals surface area contributed by atoms with E-state index in [0.29, 0.717) is 22.7 Å². The lowest BCUT2D eigenvalue weighted by atomic mass is 10.1. The normalized spacial score (nSPS) is 10.2. The van der Waals surface area contributed by atoms with Gasteiger partial charge in [-0.05, 0) is 24.3 Å². The lowest BCUT2D eigenvalue weighted by Crippen LogP contribution is -2.35. The molecule has 0 aliphatic heterocycles. The zero-order chi connectivity index (χ0) is 21.1. The van der Waals surface area contributed by atoms with E-state index >= 15 is 0 Å². The number of hydrogen-bond acceptors (Lipinski definition) is 6. The van der Waals surface area contributed by atoms with Crippen LogP contribution in [0.4, 0.5) is 5.69 Å². The molecule has 1 amide bonds. The molecule has 2 rings (SSSR count). The van der Waals surface area contributed by atoms with Crippen molar-refractivity contribution in [2.45, 2.75) is 6.42 Å². The second-order valence-electron chi connectivity index (χ2n) is 5.81. The number of rotatable bonds is 9. The Hall–Kier alpha value is -3.79. The average Bonchev–Trinajstić information content (AvgIpc) is 2.76. The quantitative estimate of drug-likeness (QED) is 0.479. The van der Waals surface area contributed by atoms with E-state index in [1.807, 2.05) is 12.1 Å². The number of hydrogen-bond donors (Lipinski definition) is 0. The van der Waals surface area contributed by atoms with Crippen molar-refractivity contribution in [3.8, 4) is 17.6 Å². The number of anilines is 1. The predicted molar refractivity (Wildman–Crippen MR) is 109 cm³/mol. The third-order valence-electron chi connectivity index (χ3n) is 3.99. The zero-order valence-corrected chi connectivity index (χ0v) is 16.3. The molecule has 2 aromatic rings. The predicted octanol–water partition coefficient (Wildman–Crippen LogP) is 3.21. The molecule has 0 atom stereocenters. The van der Waals surface area contributed by atoms with E-state index < -0.39 is 18.5 Å². The minimum atomic E-state index is -0.670. The van der Waals surface area contributed by atoms with Gasteiger partial charge in [-0.15, -0.1) is 0 Å². The summed E-state index contributed by atoms with van der Waals surface area (Å²) in [6.45, 7) is -0.216. The van der Waals surface area contributed by atoms with Crippen molar-refractivity contribution >= 4 is 23.6 Å². The number of amides is 1. The summed E-state index contributed by atoms with van der Waals surface area (Å²) in [7, 11) is 3.03. The molecule has 0 saturated heterocycles. The summed E-state index contributed by atoms with van der Waals surface area (Å²) in [6.07, 6.45) is 2.91. The van der Waals surface area contributed by atoms with Crippen LogP contribution >= 0.6 is 0 Å². The monoisotopic (exact) mass is 394 g/mol. The standard InChI is InChI=1S/C22H22N2O5/c1-27-19-11-6-8-17(22(19)28-2)12-13-21(26)29-16-20(25)24(15-7-14-23)18-9-4-3-5-10-18/h3-6,8-13H,7,15-16H2,1-2H3. The van der Waals surface area contributed by atoms with Crippen LogP contribution in [0.2, 0.25) is 0 Å². The van der Waals surface area contributed by atoms with Gasteiger partial charge in [-0.2, -0.15) is 5.26 Å². The van der Waals surface area contributed by atoms with Crippen LogP contribution in [0.1, 0.15) is 12.0 Å². The SMILES string of the molecule is COc1cccc(C=CC(=O)OCC(=O)N(CCC#N)c2ccccc2)c1OC. The third-order valence-corrected chi connectivity index (χ3v) is 3.99. The van der Waals surface area contributed by atoms with Crippen LogP contribution in [0.25, 0.3) is 6.08 Å². The van der Waals surface area contributed by atoms with E-state index in [0.717, 1.165) is 0 Å². The smallest absolute Gasteiger partial charge is 0.331 e. The maximum absolute atomic E-state index is 12.5. The molecule has 0 aliphatic rings. The number of benzene rings is 2. The molecule has 0 heterocycles. The molecule has 0 fully saturated rings. The Labute approximate surface area is 169 Å². The lowest BCUT2D eigenvalue weighted by molar-refractivity contribution is -0.142. The fourth-order valence-electron chi connectivity index (χ4n) is 2.63. The van der Waals surface area contributed by atoms with Crippen molar-refractivity contribution in [2.75, 3.05) is 32.3 Å². The second kappa shape index (κ2) is 11.1. The lowest BCUT2D eigenvalue weighted by Gasteiger charge is -2.21. The molecule has 0 spiro atoms. The van der Waals surface area contributed by atoms with E-state index in [9.17, 15) is 9.59 Å². The van der Waals surface area contributed by atoms with Crippen molar-refractivity contribution < 1.29 is 23.8 Å². The third kappa shape index (κ3) is 6.11. The summed E-state index contributed by atoms with van der Waals surface area (Å²) in [5.41, 5.74) is 1.27. The molecular formula is C22H22N2O5. The summed E-state index contributed by atoms with van der Waals surface area (Å²) in [4.78, 5) is 26.0. The van der Waals surface area contributed by atoms with Gasteiger partial charge >= 0.3 is 5.97 Å². The van der Waals surface area contributed by atoms with Gasteiger partial charge in [0, 0.05) is 23.9 Å². The highest BCUT2D eigenvalue weighted by atomic mass is 16.5. The summed E-state index contributed by atoms with van der Waals surface area (Å²) < 4.78 is 15.6. The molecular weight excluding hydrogens is 372 g/mol. The molecule has 0 aliphatic carbocycles. The van der Waals surface area contributed by atoms with Crippen LogP contribution in [0.3, 0.4) is 0 Å². The number of ether oxygens (including phenoxy) is 3. The molecule has 29 heavy (non-hydrogen) atoms. The molecule has 0 bridgehead atoms. The molecule has 0 saturated carbocycles.